The van der Waals surface area contributed by atoms with Gasteiger partial charge >= 0.3 is 5.97 Å². The van der Waals surface area contributed by atoms with Crippen LogP contribution in [-0.4, -0.2) is 73.2 Å². The maximum absolute atomic E-state index is 13.4. The zero-order valence-corrected chi connectivity index (χ0v) is 23.7. The average Bonchev–Trinajstić information content (AvgIpc) is 2.93. The molecule has 0 radical (unpaired) electrons. The number of aromatic hydroxyl groups is 1. The molecule has 0 saturated carbocycles. The van der Waals surface area contributed by atoms with Gasteiger partial charge in [0.25, 0.3) is 5.91 Å². The van der Waals surface area contributed by atoms with E-state index in [1.165, 1.54) is 38.1 Å². The number of nitrogens with one attached hydrogen (secondary N) is 3. The number of ether oxygens (including phenoxy) is 2. The first-order valence-electron chi connectivity index (χ1n) is 12.5. The number of hydrogen-bond acceptors (Lipinski definition) is 8. The van der Waals surface area contributed by atoms with E-state index < -0.39 is 41.8 Å². The molecular formula is C28H37N3O7S. The van der Waals surface area contributed by atoms with Crippen molar-refractivity contribution in [1.29, 1.82) is 0 Å². The summed E-state index contributed by atoms with van der Waals surface area (Å²) in [5.41, 5.74) is 0.740. The highest BCUT2D eigenvalue weighted by Gasteiger charge is 2.32. The molecule has 10 nitrogen and oxygen atoms in total. The summed E-state index contributed by atoms with van der Waals surface area (Å²) in [4.78, 5) is 52.0. The molecule has 3 amide bonds. The van der Waals surface area contributed by atoms with Crippen molar-refractivity contribution in [2.24, 2.45) is 5.92 Å². The summed E-state index contributed by atoms with van der Waals surface area (Å²) in [5, 5.41) is 18.5. The Morgan fingerprint density at radius 1 is 0.897 bits per heavy atom. The maximum Gasteiger partial charge on any atom is 0.328 e. The number of esters is 1. The van der Waals surface area contributed by atoms with Crippen molar-refractivity contribution in [2.75, 3.05) is 26.2 Å². The Morgan fingerprint density at radius 3 is 2.15 bits per heavy atom. The standard InChI is InChI=1S/C28H37N3O7S/c1-17(2)23(31-25(33)19-12-9-13-22(37-3)24(19)32)27(35)30-21(16-18-10-7-6-8-11-18)26(34)29-20(14-15-39-5)28(36)38-4/h6-13,17,20-21,23,32H,14-16H2,1-5H3,(H,29,34)(H,30,35)(H,31,33)/t20-,21-,23-/m0/s1. The summed E-state index contributed by atoms with van der Waals surface area (Å²) >= 11 is 1.53. The lowest BCUT2D eigenvalue weighted by molar-refractivity contribution is -0.145. The minimum Gasteiger partial charge on any atom is -0.504 e. The van der Waals surface area contributed by atoms with E-state index in [9.17, 15) is 24.3 Å². The molecule has 0 aromatic heterocycles. The van der Waals surface area contributed by atoms with Gasteiger partial charge in [0.1, 0.15) is 18.1 Å². The van der Waals surface area contributed by atoms with Crippen molar-refractivity contribution in [3.63, 3.8) is 0 Å². The lowest BCUT2D eigenvalue weighted by Crippen LogP contribution is -2.57. The molecular weight excluding hydrogens is 522 g/mol. The highest BCUT2D eigenvalue weighted by Crippen LogP contribution is 2.29. The van der Waals surface area contributed by atoms with Gasteiger partial charge in [-0.3, -0.25) is 14.4 Å². The van der Waals surface area contributed by atoms with Gasteiger partial charge in [0.15, 0.2) is 11.5 Å². The van der Waals surface area contributed by atoms with E-state index in [0.29, 0.717) is 12.2 Å². The number of para-hydroxylation sites is 1. The van der Waals surface area contributed by atoms with Crippen LogP contribution in [0.3, 0.4) is 0 Å². The third-order valence-electron chi connectivity index (χ3n) is 6.03. The Balaban J connectivity index is 2.27. The fourth-order valence-electron chi connectivity index (χ4n) is 3.84. The molecule has 0 saturated heterocycles. The summed E-state index contributed by atoms with van der Waals surface area (Å²) in [6, 6.07) is 10.7. The van der Waals surface area contributed by atoms with E-state index in [2.05, 4.69) is 16.0 Å². The Bertz CT molecular complexity index is 1130. The van der Waals surface area contributed by atoms with Crippen molar-refractivity contribution in [1.82, 2.24) is 16.0 Å². The highest BCUT2D eigenvalue weighted by atomic mass is 32.2. The van der Waals surface area contributed by atoms with Crippen LogP contribution in [0.2, 0.25) is 0 Å². The van der Waals surface area contributed by atoms with Crippen LogP contribution in [0, 0.1) is 5.92 Å². The number of phenols is 1. The molecule has 212 valence electrons. The third-order valence-corrected chi connectivity index (χ3v) is 6.67. The van der Waals surface area contributed by atoms with Crippen LogP contribution < -0.4 is 20.7 Å². The van der Waals surface area contributed by atoms with Crippen molar-refractivity contribution >= 4 is 35.5 Å². The number of amides is 3. The van der Waals surface area contributed by atoms with Gasteiger partial charge < -0.3 is 30.5 Å². The molecule has 3 atom stereocenters. The van der Waals surface area contributed by atoms with Crippen LogP contribution >= 0.6 is 11.8 Å². The van der Waals surface area contributed by atoms with Gasteiger partial charge in [0.2, 0.25) is 11.8 Å². The lowest BCUT2D eigenvalue weighted by Gasteiger charge is -2.26. The van der Waals surface area contributed by atoms with Gasteiger partial charge in [0.05, 0.1) is 19.8 Å². The second kappa shape index (κ2) is 15.6. The number of carbonyl (C=O) groups excluding carboxylic acids is 4. The van der Waals surface area contributed by atoms with Crippen LogP contribution in [-0.2, 0) is 25.5 Å². The van der Waals surface area contributed by atoms with E-state index in [1.54, 1.807) is 19.9 Å². The molecule has 0 aliphatic rings. The molecule has 11 heteroatoms. The van der Waals surface area contributed by atoms with Crippen LogP contribution in [0.15, 0.2) is 48.5 Å². The Hall–Kier alpha value is -3.73. The van der Waals surface area contributed by atoms with Gasteiger partial charge in [0, 0.05) is 6.42 Å². The molecule has 0 fully saturated rings. The van der Waals surface area contributed by atoms with Gasteiger partial charge in [-0.2, -0.15) is 11.8 Å². The summed E-state index contributed by atoms with van der Waals surface area (Å²) < 4.78 is 9.91. The minimum absolute atomic E-state index is 0.0545. The fraction of sp³-hybridized carbons (Fsp3) is 0.429. The third kappa shape index (κ3) is 9.20. The van der Waals surface area contributed by atoms with Gasteiger partial charge in [-0.25, -0.2) is 4.79 Å². The summed E-state index contributed by atoms with van der Waals surface area (Å²) in [5.74, 6) is -2.35. The molecule has 4 N–H and O–H groups in total. The minimum atomic E-state index is -1.04. The Labute approximate surface area is 233 Å². The number of phenolic OH excluding ortho intramolecular Hbond substituents is 1. The molecule has 2 rings (SSSR count). The van der Waals surface area contributed by atoms with Crippen LogP contribution in [0.4, 0.5) is 0 Å². The Morgan fingerprint density at radius 2 is 1.56 bits per heavy atom. The second-order valence-electron chi connectivity index (χ2n) is 9.17. The molecule has 0 spiro atoms. The zero-order valence-electron chi connectivity index (χ0n) is 22.9. The van der Waals surface area contributed by atoms with Gasteiger partial charge in [-0.1, -0.05) is 50.2 Å². The largest absolute Gasteiger partial charge is 0.504 e. The summed E-state index contributed by atoms with van der Waals surface area (Å²) in [6.07, 6.45) is 2.41. The number of hydrogen-bond donors (Lipinski definition) is 4. The number of rotatable bonds is 14. The van der Waals surface area contributed by atoms with Crippen LogP contribution in [0.1, 0.15) is 36.2 Å². The average molecular weight is 560 g/mol. The first-order chi connectivity index (χ1) is 18.6. The fourth-order valence-corrected chi connectivity index (χ4v) is 4.32. The number of carbonyl (C=O) groups is 4. The molecule has 0 aliphatic heterocycles. The first kappa shape index (κ1) is 31.5. The number of methoxy groups -OCH3 is 2. The smallest absolute Gasteiger partial charge is 0.328 e. The predicted molar refractivity (Wildman–Crippen MR) is 150 cm³/mol. The topological polar surface area (TPSA) is 143 Å². The second-order valence-corrected chi connectivity index (χ2v) is 10.2. The molecule has 0 unspecified atom stereocenters. The van der Waals surface area contributed by atoms with E-state index in [0.717, 1.165) is 5.56 Å². The van der Waals surface area contributed by atoms with Gasteiger partial charge in [-0.15, -0.1) is 0 Å². The van der Waals surface area contributed by atoms with Crippen molar-refractivity contribution in [2.45, 2.75) is 44.8 Å². The monoisotopic (exact) mass is 559 g/mol. The molecule has 0 aliphatic carbocycles. The van der Waals surface area contributed by atoms with E-state index in [-0.39, 0.29) is 29.4 Å². The van der Waals surface area contributed by atoms with E-state index >= 15 is 0 Å². The molecule has 0 heterocycles. The highest BCUT2D eigenvalue weighted by molar-refractivity contribution is 7.98. The summed E-state index contributed by atoms with van der Waals surface area (Å²) in [7, 11) is 2.62. The summed E-state index contributed by atoms with van der Waals surface area (Å²) in [6.45, 7) is 3.50. The van der Waals surface area contributed by atoms with E-state index in [4.69, 9.17) is 9.47 Å². The molecule has 0 bridgehead atoms. The zero-order chi connectivity index (χ0) is 28.9. The molecule has 2 aromatic rings. The van der Waals surface area contributed by atoms with Crippen molar-refractivity contribution in [3.05, 3.63) is 59.7 Å². The Kier molecular flexibility index (Phi) is 12.6. The molecule has 2 aromatic carbocycles. The number of thioether (sulfide) groups is 1. The SMILES string of the molecule is COC(=O)[C@H](CCSC)NC(=O)[C@H](Cc1ccccc1)NC(=O)[C@@H](NC(=O)c1cccc(OC)c1O)C(C)C. The van der Waals surface area contributed by atoms with E-state index in [1.807, 2.05) is 36.6 Å². The van der Waals surface area contributed by atoms with Crippen molar-refractivity contribution < 1.29 is 33.8 Å². The maximum atomic E-state index is 13.4. The first-order valence-corrected chi connectivity index (χ1v) is 13.9. The lowest BCUT2D eigenvalue weighted by atomic mass is 10.00. The van der Waals surface area contributed by atoms with Crippen molar-refractivity contribution in [3.8, 4) is 11.5 Å². The van der Waals surface area contributed by atoms with Gasteiger partial charge in [-0.05, 0) is 42.0 Å². The quantitative estimate of drug-likeness (QED) is 0.258. The van der Waals surface area contributed by atoms with Crippen LogP contribution in [0.5, 0.6) is 11.5 Å². The van der Waals surface area contributed by atoms with Crippen LogP contribution in [0.25, 0.3) is 0 Å². The number of benzene rings is 2. The predicted octanol–water partition coefficient (Wildman–Crippen LogP) is 2.29. The molecule has 39 heavy (non-hydrogen) atoms. The normalized spacial score (nSPS) is 13.1.